The molecule has 2 aliphatic rings. The fourth-order valence-corrected chi connectivity index (χ4v) is 4.76. The van der Waals surface area contributed by atoms with Crippen molar-refractivity contribution in [2.45, 2.75) is 37.4 Å². The summed E-state index contributed by atoms with van der Waals surface area (Å²) in [6.07, 6.45) is -0.619. The van der Waals surface area contributed by atoms with E-state index < -0.39 is 22.5 Å². The third-order valence-corrected chi connectivity index (χ3v) is 6.31. The first kappa shape index (κ1) is 18.2. The van der Waals surface area contributed by atoms with Crippen molar-refractivity contribution in [3.05, 3.63) is 47.3 Å². The van der Waals surface area contributed by atoms with Gasteiger partial charge in [-0.1, -0.05) is 6.07 Å². The summed E-state index contributed by atoms with van der Waals surface area (Å²) in [7, 11) is -0.905. The highest BCUT2D eigenvalue weighted by molar-refractivity contribution is 7.85. The van der Waals surface area contributed by atoms with Crippen LogP contribution >= 0.6 is 0 Å². The van der Waals surface area contributed by atoms with Gasteiger partial charge in [0, 0.05) is 34.3 Å². The third-order valence-electron chi connectivity index (χ3n) is 4.85. The molecule has 5 nitrogen and oxygen atoms in total. The molecule has 2 fully saturated rings. The minimum atomic E-state index is -4.44. The molecule has 0 spiro atoms. The number of carbonyl (C=O) groups is 1. The maximum absolute atomic E-state index is 13.0. The number of carbonyl (C=O) groups excluding carboxylic acids is 1. The average molecular weight is 397 g/mol. The molecular weight excluding hydrogens is 379 g/mol. The van der Waals surface area contributed by atoms with Crippen LogP contribution in [0.2, 0.25) is 0 Å². The summed E-state index contributed by atoms with van der Waals surface area (Å²) in [6, 6.07) is 4.81. The van der Waals surface area contributed by atoms with E-state index in [4.69, 9.17) is 0 Å². The van der Waals surface area contributed by atoms with Gasteiger partial charge in [-0.05, 0) is 37.5 Å². The van der Waals surface area contributed by atoms with Crippen molar-refractivity contribution >= 4 is 16.7 Å². The first-order chi connectivity index (χ1) is 12.8. The largest absolute Gasteiger partial charge is 0.416 e. The second-order valence-corrected chi connectivity index (χ2v) is 8.57. The maximum Gasteiger partial charge on any atom is 0.416 e. The Balaban J connectivity index is 1.65. The molecule has 1 amide bonds. The van der Waals surface area contributed by atoms with Crippen LogP contribution in [0.5, 0.6) is 0 Å². The molecule has 1 aliphatic heterocycles. The zero-order valence-corrected chi connectivity index (χ0v) is 15.1. The highest BCUT2D eigenvalue weighted by Gasteiger charge is 2.35. The van der Waals surface area contributed by atoms with E-state index >= 15 is 0 Å². The summed E-state index contributed by atoms with van der Waals surface area (Å²) in [6.45, 7) is 0. The summed E-state index contributed by atoms with van der Waals surface area (Å²) < 4.78 is 52.0. The number of nitrogens with zero attached hydrogens (tertiary/aromatic N) is 2. The van der Waals surface area contributed by atoms with Crippen molar-refractivity contribution in [1.82, 2.24) is 15.1 Å². The maximum atomic E-state index is 13.0. The Morgan fingerprint density at radius 1 is 1.26 bits per heavy atom. The molecule has 27 heavy (non-hydrogen) atoms. The van der Waals surface area contributed by atoms with Crippen LogP contribution in [0.25, 0.3) is 5.69 Å². The highest BCUT2D eigenvalue weighted by Crippen LogP contribution is 2.43. The molecule has 4 rings (SSSR count). The minimum absolute atomic E-state index is 0.112. The smallest absolute Gasteiger partial charge is 0.348 e. The van der Waals surface area contributed by atoms with Gasteiger partial charge in [-0.3, -0.25) is 9.00 Å². The first-order valence-corrected chi connectivity index (χ1v) is 10.2. The van der Waals surface area contributed by atoms with Gasteiger partial charge in [0.05, 0.1) is 28.7 Å². The molecule has 0 bridgehead atoms. The van der Waals surface area contributed by atoms with E-state index in [0.29, 0.717) is 29.2 Å². The second kappa shape index (κ2) is 6.78. The van der Waals surface area contributed by atoms with Gasteiger partial charge in [0.15, 0.2) is 0 Å². The van der Waals surface area contributed by atoms with Gasteiger partial charge >= 0.3 is 6.18 Å². The monoisotopic (exact) mass is 397 g/mol. The molecule has 1 aromatic heterocycles. The van der Waals surface area contributed by atoms with Crippen molar-refractivity contribution in [3.8, 4) is 5.69 Å². The van der Waals surface area contributed by atoms with Crippen LogP contribution < -0.4 is 5.32 Å². The van der Waals surface area contributed by atoms with Crippen molar-refractivity contribution in [2.75, 3.05) is 11.5 Å². The van der Waals surface area contributed by atoms with Gasteiger partial charge < -0.3 is 5.32 Å². The lowest BCUT2D eigenvalue weighted by atomic mass is 10.1. The fourth-order valence-electron chi connectivity index (χ4n) is 3.34. The van der Waals surface area contributed by atoms with E-state index in [2.05, 4.69) is 10.4 Å². The Hall–Kier alpha value is -2.16. The van der Waals surface area contributed by atoms with Crippen LogP contribution in [-0.4, -0.2) is 37.4 Å². The van der Waals surface area contributed by atoms with E-state index in [1.54, 1.807) is 6.07 Å². The van der Waals surface area contributed by atoms with E-state index in [1.165, 1.54) is 16.9 Å². The molecule has 2 atom stereocenters. The number of benzene rings is 1. The number of hydrogen-bond acceptors (Lipinski definition) is 3. The topological polar surface area (TPSA) is 64.0 Å². The standard InChI is InChI=1S/C18H18F3N3O2S/c19-18(20,21)12-2-1-3-14(8-12)24-16(11-4-5-11)15(9-22-24)17(25)23-13-6-7-27(26)10-13/h1-3,8-9,11,13H,4-7,10H2,(H,23,25)/t13-,27+/m0/s1. The Morgan fingerprint density at radius 2 is 2.04 bits per heavy atom. The van der Waals surface area contributed by atoms with E-state index in [-0.39, 0.29) is 23.6 Å². The first-order valence-electron chi connectivity index (χ1n) is 8.74. The molecule has 1 saturated carbocycles. The zero-order valence-electron chi connectivity index (χ0n) is 14.3. The molecule has 144 valence electrons. The normalized spacial score (nSPS) is 22.8. The lowest BCUT2D eigenvalue weighted by Crippen LogP contribution is -2.35. The van der Waals surface area contributed by atoms with Gasteiger partial charge in [-0.15, -0.1) is 0 Å². The molecule has 2 aromatic rings. The predicted octanol–water partition coefficient (Wildman–Crippen LogP) is 3.02. The van der Waals surface area contributed by atoms with Crippen LogP contribution in [0.4, 0.5) is 13.2 Å². The summed E-state index contributed by atoms with van der Waals surface area (Å²) in [5.41, 5.74) is 0.558. The molecule has 1 N–H and O–H groups in total. The van der Waals surface area contributed by atoms with Crippen molar-refractivity contribution < 1.29 is 22.2 Å². The molecule has 1 aliphatic carbocycles. The van der Waals surface area contributed by atoms with Gasteiger partial charge in [0.1, 0.15) is 0 Å². The Bertz CT molecular complexity index is 905. The van der Waals surface area contributed by atoms with Crippen LogP contribution in [0.3, 0.4) is 0 Å². The van der Waals surface area contributed by atoms with Crippen LogP contribution in [0, 0.1) is 0 Å². The molecule has 0 radical (unpaired) electrons. The molecule has 9 heteroatoms. The number of halogens is 3. The Labute approximate surface area is 156 Å². The number of rotatable bonds is 4. The van der Waals surface area contributed by atoms with Crippen molar-refractivity contribution in [1.29, 1.82) is 0 Å². The number of hydrogen-bond donors (Lipinski definition) is 1. The van der Waals surface area contributed by atoms with Crippen LogP contribution in [0.1, 0.15) is 46.8 Å². The Morgan fingerprint density at radius 3 is 2.67 bits per heavy atom. The SMILES string of the molecule is O=C(N[C@H]1CC[S@@](=O)C1)c1cnn(-c2cccc(C(F)(F)F)c2)c1C1CC1. The van der Waals surface area contributed by atoms with Gasteiger partial charge in [0.25, 0.3) is 5.91 Å². The number of aromatic nitrogens is 2. The number of amides is 1. The Kier molecular flexibility index (Phi) is 4.57. The molecule has 1 saturated heterocycles. The zero-order chi connectivity index (χ0) is 19.2. The lowest BCUT2D eigenvalue weighted by Gasteiger charge is -2.13. The number of alkyl halides is 3. The van der Waals surface area contributed by atoms with Gasteiger partial charge in [-0.25, -0.2) is 4.68 Å². The van der Waals surface area contributed by atoms with Crippen molar-refractivity contribution in [2.24, 2.45) is 0 Å². The molecular formula is C18H18F3N3O2S. The summed E-state index contributed by atoms with van der Waals surface area (Å²) >= 11 is 0. The van der Waals surface area contributed by atoms with E-state index in [9.17, 15) is 22.2 Å². The molecule has 0 unspecified atom stereocenters. The minimum Gasteiger partial charge on any atom is -0.348 e. The van der Waals surface area contributed by atoms with E-state index in [0.717, 1.165) is 25.0 Å². The van der Waals surface area contributed by atoms with Crippen LogP contribution in [0.15, 0.2) is 30.5 Å². The summed E-state index contributed by atoms with van der Waals surface area (Å²) in [5.74, 6) is 0.815. The van der Waals surface area contributed by atoms with Crippen LogP contribution in [-0.2, 0) is 17.0 Å². The molecule has 1 aromatic carbocycles. The summed E-state index contributed by atoms with van der Waals surface area (Å²) in [4.78, 5) is 12.7. The third kappa shape index (κ3) is 3.78. The predicted molar refractivity (Wildman–Crippen MR) is 94.3 cm³/mol. The number of nitrogens with one attached hydrogen (secondary N) is 1. The lowest BCUT2D eigenvalue weighted by molar-refractivity contribution is -0.137. The van der Waals surface area contributed by atoms with Gasteiger partial charge in [-0.2, -0.15) is 18.3 Å². The second-order valence-electron chi connectivity index (χ2n) is 6.95. The highest BCUT2D eigenvalue weighted by atomic mass is 32.2. The van der Waals surface area contributed by atoms with E-state index in [1.807, 2.05) is 0 Å². The van der Waals surface area contributed by atoms with Crippen molar-refractivity contribution in [3.63, 3.8) is 0 Å². The fraction of sp³-hybridized carbons (Fsp3) is 0.444. The average Bonchev–Trinajstić information content (AvgIpc) is 3.22. The molecule has 2 heterocycles. The summed E-state index contributed by atoms with van der Waals surface area (Å²) in [5, 5.41) is 7.09. The van der Waals surface area contributed by atoms with Gasteiger partial charge in [0.2, 0.25) is 0 Å². The quantitative estimate of drug-likeness (QED) is 0.863.